The van der Waals surface area contributed by atoms with Gasteiger partial charge in [0.2, 0.25) is 0 Å². The summed E-state index contributed by atoms with van der Waals surface area (Å²) in [6, 6.07) is 13.7. The Hall–Kier alpha value is -3.55. The Morgan fingerprint density at radius 2 is 2.03 bits per heavy atom. The number of hydrogen-bond acceptors (Lipinski definition) is 6. The van der Waals surface area contributed by atoms with Crippen molar-refractivity contribution in [3.63, 3.8) is 0 Å². The summed E-state index contributed by atoms with van der Waals surface area (Å²) < 4.78 is 13.6. The molecule has 148 valence electrons. The van der Waals surface area contributed by atoms with Crippen LogP contribution in [0.1, 0.15) is 28.9 Å². The third kappa shape index (κ3) is 3.73. The molecule has 4 rings (SSSR count). The second-order valence-corrected chi connectivity index (χ2v) is 7.25. The predicted octanol–water partition coefficient (Wildman–Crippen LogP) is 2.82. The van der Waals surface area contributed by atoms with Crippen molar-refractivity contribution in [2.75, 3.05) is 11.9 Å². The molecule has 1 saturated carbocycles. The Labute approximate surface area is 166 Å². The molecule has 1 aromatic carbocycles. The topological polar surface area (TPSA) is 114 Å². The lowest BCUT2D eigenvalue weighted by atomic mass is 9.65. The molecule has 2 heterocycles. The maximum Gasteiger partial charge on any atom is 0.252 e. The lowest BCUT2D eigenvalue weighted by Gasteiger charge is -2.43. The number of nitrogens with one attached hydrogen (secondary N) is 1. The highest BCUT2D eigenvalue weighted by molar-refractivity contribution is 5.96. The molecule has 0 aliphatic heterocycles. The number of pyridine rings is 1. The summed E-state index contributed by atoms with van der Waals surface area (Å²) in [5.41, 5.74) is 6.91. The summed E-state index contributed by atoms with van der Waals surface area (Å²) in [7, 11) is 0. The van der Waals surface area contributed by atoms with Gasteiger partial charge in [0.1, 0.15) is 17.7 Å². The molecule has 0 radical (unpaired) electrons. The van der Waals surface area contributed by atoms with E-state index in [2.05, 4.69) is 20.5 Å². The molecule has 0 bridgehead atoms. The maximum atomic E-state index is 13.6. The van der Waals surface area contributed by atoms with Crippen LogP contribution in [0.4, 0.5) is 10.2 Å². The van der Waals surface area contributed by atoms with Crippen LogP contribution >= 0.6 is 0 Å². The second-order valence-electron chi connectivity index (χ2n) is 7.25. The standard InChI is InChI=1S/C21H20FN5O2/c22-14-10-21(11-14,18-3-1-2-8-24-18)12-25-19-7-6-16(26-27-19)13-4-5-15(20(23)29)17(28)9-13/h1-9,14,28H,10-12H2,(H2,23,29)(H,25,27). The average Bonchev–Trinajstić information content (AvgIpc) is 2.71. The van der Waals surface area contributed by atoms with Crippen molar-refractivity contribution in [3.05, 3.63) is 66.0 Å². The smallest absolute Gasteiger partial charge is 0.252 e. The molecule has 29 heavy (non-hydrogen) atoms. The number of carbonyl (C=O) groups is 1. The summed E-state index contributed by atoms with van der Waals surface area (Å²) in [4.78, 5) is 15.6. The van der Waals surface area contributed by atoms with E-state index in [1.165, 1.54) is 12.1 Å². The van der Waals surface area contributed by atoms with E-state index in [1.54, 1.807) is 24.4 Å². The molecular formula is C21H20FN5O2. The summed E-state index contributed by atoms with van der Waals surface area (Å²) >= 11 is 0. The van der Waals surface area contributed by atoms with Crippen LogP contribution in [0.25, 0.3) is 11.3 Å². The molecule has 0 atom stereocenters. The Balaban J connectivity index is 1.47. The van der Waals surface area contributed by atoms with Gasteiger partial charge in [0.05, 0.1) is 11.3 Å². The third-order valence-electron chi connectivity index (χ3n) is 5.26. The van der Waals surface area contributed by atoms with Crippen molar-refractivity contribution in [2.45, 2.75) is 24.4 Å². The molecular weight excluding hydrogens is 373 g/mol. The minimum atomic E-state index is -0.816. The molecule has 1 fully saturated rings. The zero-order chi connectivity index (χ0) is 20.4. The molecule has 8 heteroatoms. The number of phenols is 1. The fourth-order valence-electron chi connectivity index (χ4n) is 3.65. The number of alkyl halides is 1. The number of anilines is 1. The monoisotopic (exact) mass is 393 g/mol. The Morgan fingerprint density at radius 1 is 1.21 bits per heavy atom. The predicted molar refractivity (Wildman–Crippen MR) is 106 cm³/mol. The van der Waals surface area contributed by atoms with Gasteiger partial charge in [-0.1, -0.05) is 12.1 Å². The molecule has 2 aromatic heterocycles. The molecule has 0 saturated heterocycles. The fourth-order valence-corrected chi connectivity index (χ4v) is 3.65. The minimum Gasteiger partial charge on any atom is -0.507 e. The van der Waals surface area contributed by atoms with Crippen LogP contribution in [0.2, 0.25) is 0 Å². The first-order valence-electron chi connectivity index (χ1n) is 9.23. The number of benzene rings is 1. The van der Waals surface area contributed by atoms with Crippen molar-refractivity contribution in [3.8, 4) is 17.0 Å². The summed E-state index contributed by atoms with van der Waals surface area (Å²) in [5, 5.41) is 21.5. The van der Waals surface area contributed by atoms with Crippen LogP contribution in [0.5, 0.6) is 5.75 Å². The van der Waals surface area contributed by atoms with Crippen molar-refractivity contribution in [1.29, 1.82) is 0 Å². The zero-order valence-electron chi connectivity index (χ0n) is 15.5. The van der Waals surface area contributed by atoms with Crippen molar-refractivity contribution < 1.29 is 14.3 Å². The second kappa shape index (κ2) is 7.46. The van der Waals surface area contributed by atoms with Crippen LogP contribution in [0.15, 0.2) is 54.7 Å². The zero-order valence-corrected chi connectivity index (χ0v) is 15.5. The Morgan fingerprint density at radius 3 is 2.62 bits per heavy atom. The van der Waals surface area contributed by atoms with Gasteiger partial charge < -0.3 is 16.2 Å². The number of nitrogens with two attached hydrogens (primary N) is 1. The normalized spacial score (nSPS) is 20.7. The first kappa shape index (κ1) is 18.8. The van der Waals surface area contributed by atoms with Crippen LogP contribution in [0, 0.1) is 0 Å². The molecule has 4 N–H and O–H groups in total. The number of hydrogen-bond donors (Lipinski definition) is 3. The molecule has 7 nitrogen and oxygen atoms in total. The minimum absolute atomic E-state index is 0.0477. The van der Waals surface area contributed by atoms with Crippen molar-refractivity contribution in [1.82, 2.24) is 15.2 Å². The number of halogens is 1. The SMILES string of the molecule is NC(=O)c1ccc(-c2ccc(NCC3(c4ccccn4)CC(F)C3)nn2)cc1O. The Kier molecular flexibility index (Phi) is 4.84. The highest BCUT2D eigenvalue weighted by atomic mass is 19.1. The quantitative estimate of drug-likeness (QED) is 0.593. The highest BCUT2D eigenvalue weighted by Crippen LogP contribution is 2.44. The van der Waals surface area contributed by atoms with Gasteiger partial charge in [-0.2, -0.15) is 0 Å². The van der Waals surface area contributed by atoms with Gasteiger partial charge in [0.15, 0.2) is 0 Å². The van der Waals surface area contributed by atoms with Gasteiger partial charge in [0.25, 0.3) is 5.91 Å². The number of aromatic hydroxyl groups is 1. The van der Waals surface area contributed by atoms with Gasteiger partial charge in [0, 0.05) is 29.4 Å². The first-order chi connectivity index (χ1) is 14.0. The van der Waals surface area contributed by atoms with Gasteiger partial charge in [-0.25, -0.2) is 4.39 Å². The van der Waals surface area contributed by atoms with E-state index in [0.29, 0.717) is 36.5 Å². The third-order valence-corrected chi connectivity index (χ3v) is 5.26. The van der Waals surface area contributed by atoms with Crippen molar-refractivity contribution >= 4 is 11.7 Å². The van der Waals surface area contributed by atoms with E-state index >= 15 is 0 Å². The lowest BCUT2D eigenvalue weighted by molar-refractivity contribution is 0.0992. The molecule has 3 aromatic rings. The number of aromatic nitrogens is 3. The van der Waals surface area contributed by atoms with Crippen LogP contribution in [0.3, 0.4) is 0 Å². The fraction of sp³-hybridized carbons (Fsp3) is 0.238. The lowest BCUT2D eigenvalue weighted by Crippen LogP contribution is -2.48. The van der Waals surface area contributed by atoms with Gasteiger partial charge in [-0.15, -0.1) is 10.2 Å². The summed E-state index contributed by atoms with van der Waals surface area (Å²) in [6.45, 7) is 0.507. The van der Waals surface area contributed by atoms with Gasteiger partial charge in [-0.3, -0.25) is 9.78 Å². The van der Waals surface area contributed by atoms with Crippen LogP contribution < -0.4 is 11.1 Å². The number of primary amides is 1. The maximum absolute atomic E-state index is 13.6. The Bertz CT molecular complexity index is 1020. The number of carbonyl (C=O) groups excluding carboxylic acids is 1. The molecule has 1 amide bonds. The summed E-state index contributed by atoms with van der Waals surface area (Å²) in [6.07, 6.45) is 1.75. The number of amides is 1. The molecule has 1 aliphatic rings. The van der Waals surface area contributed by atoms with Gasteiger partial charge >= 0.3 is 0 Å². The van der Waals surface area contributed by atoms with Gasteiger partial charge in [-0.05, 0) is 49.2 Å². The van der Waals surface area contributed by atoms with E-state index in [0.717, 1.165) is 5.69 Å². The van der Waals surface area contributed by atoms with Crippen LogP contribution in [-0.2, 0) is 5.41 Å². The first-order valence-corrected chi connectivity index (χ1v) is 9.23. The van der Waals surface area contributed by atoms with Crippen molar-refractivity contribution in [2.24, 2.45) is 5.73 Å². The molecule has 1 aliphatic carbocycles. The molecule has 0 spiro atoms. The number of nitrogens with zero attached hydrogens (tertiary/aromatic N) is 3. The summed E-state index contributed by atoms with van der Waals surface area (Å²) in [5.74, 6) is -0.348. The highest BCUT2D eigenvalue weighted by Gasteiger charge is 2.46. The van der Waals surface area contributed by atoms with E-state index < -0.39 is 12.1 Å². The largest absolute Gasteiger partial charge is 0.507 e. The number of rotatable bonds is 6. The van der Waals surface area contributed by atoms with E-state index in [1.807, 2.05) is 18.2 Å². The van der Waals surface area contributed by atoms with E-state index in [-0.39, 0.29) is 16.7 Å². The van der Waals surface area contributed by atoms with E-state index in [9.17, 15) is 14.3 Å². The van der Waals surface area contributed by atoms with E-state index in [4.69, 9.17) is 5.73 Å². The average molecular weight is 393 g/mol. The molecule has 0 unspecified atom stereocenters. The van der Waals surface area contributed by atoms with Crippen LogP contribution in [-0.4, -0.2) is 38.9 Å².